The monoisotopic (exact) mass is 523 g/mol. The molecule has 0 unspecified atom stereocenters. The zero-order valence-electron chi connectivity index (χ0n) is 20.0. The van der Waals surface area contributed by atoms with Crippen molar-refractivity contribution in [3.8, 4) is 0 Å². The van der Waals surface area contributed by atoms with Crippen LogP contribution in [0.4, 0.5) is 19.0 Å². The molecule has 194 valence electrons. The second-order valence-electron chi connectivity index (χ2n) is 9.26. The van der Waals surface area contributed by atoms with Gasteiger partial charge in [0.25, 0.3) is 0 Å². The van der Waals surface area contributed by atoms with Crippen molar-refractivity contribution in [3.05, 3.63) is 53.0 Å². The summed E-state index contributed by atoms with van der Waals surface area (Å²) in [7, 11) is -3.03. The SMILES string of the molecule is Cc1c(Cn2c(CN3CCS(=O)(=O)CC3)nc3cnc(N4CCOCC4)cc32)cccc1C(F)(F)F. The van der Waals surface area contributed by atoms with Crippen LogP contribution in [0.15, 0.2) is 30.5 Å². The summed E-state index contributed by atoms with van der Waals surface area (Å²) < 4.78 is 71.8. The van der Waals surface area contributed by atoms with Gasteiger partial charge in [0.05, 0.1) is 48.5 Å². The first-order valence-electron chi connectivity index (χ1n) is 11.9. The van der Waals surface area contributed by atoms with Crippen LogP contribution in [0.5, 0.6) is 0 Å². The molecule has 0 saturated carbocycles. The van der Waals surface area contributed by atoms with E-state index in [4.69, 9.17) is 9.72 Å². The summed E-state index contributed by atoms with van der Waals surface area (Å²) in [6, 6.07) is 6.17. The number of hydrogen-bond acceptors (Lipinski definition) is 7. The van der Waals surface area contributed by atoms with Crippen molar-refractivity contribution in [2.24, 2.45) is 0 Å². The molecule has 2 aliphatic rings. The van der Waals surface area contributed by atoms with Gasteiger partial charge in [0.2, 0.25) is 0 Å². The highest BCUT2D eigenvalue weighted by molar-refractivity contribution is 7.91. The van der Waals surface area contributed by atoms with E-state index < -0.39 is 21.6 Å². The molecule has 36 heavy (non-hydrogen) atoms. The van der Waals surface area contributed by atoms with Gasteiger partial charge in [0.15, 0.2) is 9.84 Å². The first-order valence-corrected chi connectivity index (χ1v) is 13.7. The smallest absolute Gasteiger partial charge is 0.378 e. The third kappa shape index (κ3) is 5.21. The Hall–Kier alpha value is -2.70. The van der Waals surface area contributed by atoms with Gasteiger partial charge in [-0.05, 0) is 24.1 Å². The topological polar surface area (TPSA) is 80.6 Å². The van der Waals surface area contributed by atoms with E-state index >= 15 is 0 Å². The molecule has 3 aromatic rings. The number of benzene rings is 1. The fourth-order valence-corrected chi connectivity index (χ4v) is 6.05. The van der Waals surface area contributed by atoms with Gasteiger partial charge in [-0.3, -0.25) is 4.90 Å². The van der Waals surface area contributed by atoms with Crippen molar-refractivity contribution in [1.82, 2.24) is 19.4 Å². The number of halogens is 3. The number of rotatable bonds is 5. The number of ether oxygens (including phenoxy) is 1. The Bertz CT molecular complexity index is 1350. The maximum Gasteiger partial charge on any atom is 0.416 e. The van der Waals surface area contributed by atoms with Gasteiger partial charge in [-0.2, -0.15) is 13.2 Å². The summed E-state index contributed by atoms with van der Waals surface area (Å²) in [5.41, 5.74) is 1.52. The highest BCUT2D eigenvalue weighted by Gasteiger charge is 2.33. The molecule has 0 radical (unpaired) electrons. The highest BCUT2D eigenvalue weighted by Crippen LogP contribution is 2.34. The number of fused-ring (bicyclic) bond motifs is 1. The Labute approximate surface area is 207 Å². The van der Waals surface area contributed by atoms with Crippen LogP contribution in [0, 0.1) is 6.92 Å². The molecule has 0 aliphatic carbocycles. The number of morpholine rings is 1. The standard InChI is InChI=1S/C24H28F3N5O3S/c1-17-18(3-2-4-19(17)24(25,26)27)15-32-21-13-22(31-5-9-35-10-6-31)28-14-20(21)29-23(32)16-30-7-11-36(33,34)12-8-30/h2-4,13-14H,5-12,15-16H2,1H3. The third-order valence-corrected chi connectivity index (χ3v) is 8.53. The zero-order chi connectivity index (χ0) is 25.5. The zero-order valence-corrected chi connectivity index (χ0v) is 20.8. The maximum absolute atomic E-state index is 13.6. The Kier molecular flexibility index (Phi) is 6.69. The summed E-state index contributed by atoms with van der Waals surface area (Å²) >= 11 is 0. The minimum atomic E-state index is -4.44. The highest BCUT2D eigenvalue weighted by atomic mass is 32.2. The number of hydrogen-bond donors (Lipinski definition) is 0. The quantitative estimate of drug-likeness (QED) is 0.509. The van der Waals surface area contributed by atoms with Crippen molar-refractivity contribution in [1.29, 1.82) is 0 Å². The van der Waals surface area contributed by atoms with Crippen LogP contribution in [0.25, 0.3) is 11.0 Å². The van der Waals surface area contributed by atoms with Crippen LogP contribution in [0.1, 0.15) is 22.5 Å². The van der Waals surface area contributed by atoms with E-state index in [0.717, 1.165) is 17.4 Å². The Morgan fingerprint density at radius 2 is 1.78 bits per heavy atom. The number of aromatic nitrogens is 3. The van der Waals surface area contributed by atoms with E-state index in [1.807, 2.05) is 15.5 Å². The molecule has 8 nitrogen and oxygen atoms in total. The van der Waals surface area contributed by atoms with Gasteiger partial charge in [-0.25, -0.2) is 18.4 Å². The van der Waals surface area contributed by atoms with Crippen molar-refractivity contribution in [3.63, 3.8) is 0 Å². The van der Waals surface area contributed by atoms with E-state index in [9.17, 15) is 21.6 Å². The third-order valence-electron chi connectivity index (χ3n) is 6.92. The van der Waals surface area contributed by atoms with Gasteiger partial charge in [0.1, 0.15) is 17.2 Å². The number of nitrogens with zero attached hydrogens (tertiary/aromatic N) is 5. The minimum absolute atomic E-state index is 0.0860. The minimum Gasteiger partial charge on any atom is -0.378 e. The van der Waals surface area contributed by atoms with Gasteiger partial charge in [-0.1, -0.05) is 12.1 Å². The molecule has 2 fully saturated rings. The first kappa shape index (κ1) is 25.0. The maximum atomic E-state index is 13.6. The van der Waals surface area contributed by atoms with Crippen LogP contribution in [0.2, 0.25) is 0 Å². The van der Waals surface area contributed by atoms with E-state index in [1.165, 1.54) is 13.0 Å². The van der Waals surface area contributed by atoms with Crippen molar-refractivity contribution < 1.29 is 26.3 Å². The van der Waals surface area contributed by atoms with Gasteiger partial charge in [0, 0.05) is 38.8 Å². The molecule has 1 aromatic carbocycles. The number of pyridine rings is 1. The summed E-state index contributed by atoms with van der Waals surface area (Å²) in [5.74, 6) is 1.61. The van der Waals surface area contributed by atoms with Gasteiger partial charge in [-0.15, -0.1) is 0 Å². The molecule has 4 heterocycles. The number of sulfone groups is 1. The van der Waals surface area contributed by atoms with Crippen molar-refractivity contribution in [2.45, 2.75) is 26.2 Å². The molecular formula is C24H28F3N5O3S. The van der Waals surface area contributed by atoms with Crippen LogP contribution in [-0.4, -0.2) is 78.8 Å². The number of imidazole rings is 1. The second-order valence-corrected chi connectivity index (χ2v) is 11.6. The Balaban J connectivity index is 1.54. The lowest BCUT2D eigenvalue weighted by atomic mass is 10.0. The van der Waals surface area contributed by atoms with E-state index in [0.29, 0.717) is 62.8 Å². The molecule has 12 heteroatoms. The molecule has 0 atom stereocenters. The molecule has 0 amide bonds. The van der Waals surface area contributed by atoms with Crippen LogP contribution in [-0.2, 0) is 33.8 Å². The molecule has 0 N–H and O–H groups in total. The fourth-order valence-electron chi connectivity index (χ4n) is 4.77. The molecule has 2 aromatic heterocycles. The number of alkyl halides is 3. The Morgan fingerprint density at radius 1 is 1.06 bits per heavy atom. The average Bonchev–Trinajstić information content (AvgIpc) is 3.17. The molecular weight excluding hydrogens is 495 g/mol. The first-order chi connectivity index (χ1) is 17.1. The van der Waals surface area contributed by atoms with Crippen molar-refractivity contribution in [2.75, 3.05) is 55.8 Å². The summed E-state index contributed by atoms with van der Waals surface area (Å²) in [5, 5.41) is 0. The summed E-state index contributed by atoms with van der Waals surface area (Å²) in [6.45, 7) is 5.50. The van der Waals surface area contributed by atoms with Crippen LogP contribution < -0.4 is 4.90 Å². The van der Waals surface area contributed by atoms with Crippen LogP contribution >= 0.6 is 0 Å². The molecule has 0 spiro atoms. The summed E-state index contributed by atoms with van der Waals surface area (Å²) in [4.78, 5) is 13.5. The molecule has 2 aliphatic heterocycles. The van der Waals surface area contributed by atoms with Crippen molar-refractivity contribution >= 4 is 26.7 Å². The van der Waals surface area contributed by atoms with E-state index in [1.54, 1.807) is 12.3 Å². The lowest BCUT2D eigenvalue weighted by Gasteiger charge is -2.28. The lowest BCUT2D eigenvalue weighted by molar-refractivity contribution is -0.138. The van der Waals surface area contributed by atoms with E-state index in [-0.39, 0.29) is 23.6 Å². The van der Waals surface area contributed by atoms with Crippen LogP contribution in [0.3, 0.4) is 0 Å². The Morgan fingerprint density at radius 3 is 2.47 bits per heavy atom. The van der Waals surface area contributed by atoms with Gasteiger partial charge >= 0.3 is 6.18 Å². The lowest BCUT2D eigenvalue weighted by Crippen LogP contribution is -2.40. The molecule has 0 bridgehead atoms. The predicted octanol–water partition coefficient (Wildman–Crippen LogP) is 2.87. The fraction of sp³-hybridized carbons (Fsp3) is 0.500. The summed E-state index contributed by atoms with van der Waals surface area (Å²) in [6.07, 6.45) is -2.74. The second kappa shape index (κ2) is 9.64. The largest absolute Gasteiger partial charge is 0.416 e. The van der Waals surface area contributed by atoms with E-state index in [2.05, 4.69) is 9.88 Å². The molecule has 2 saturated heterocycles. The molecule has 5 rings (SSSR count). The van der Waals surface area contributed by atoms with Gasteiger partial charge < -0.3 is 14.2 Å². The average molecular weight is 524 g/mol. The predicted molar refractivity (Wildman–Crippen MR) is 130 cm³/mol. The number of anilines is 1. The normalized spacial score (nSPS) is 19.2.